The quantitative estimate of drug-likeness (QED) is 0.395. The van der Waals surface area contributed by atoms with E-state index in [1.54, 1.807) is 18.0 Å². The topological polar surface area (TPSA) is 71.0 Å². The Morgan fingerprint density at radius 1 is 1.06 bits per heavy atom. The summed E-state index contributed by atoms with van der Waals surface area (Å²) in [6.45, 7) is 9.08. The second-order valence-corrected chi connectivity index (χ2v) is 10.3. The summed E-state index contributed by atoms with van der Waals surface area (Å²) < 4.78 is 0. The van der Waals surface area contributed by atoms with Gasteiger partial charge in [0.1, 0.15) is 5.82 Å². The van der Waals surface area contributed by atoms with Gasteiger partial charge in [0.05, 0.1) is 17.9 Å². The zero-order valence-corrected chi connectivity index (χ0v) is 20.4. The van der Waals surface area contributed by atoms with Gasteiger partial charge in [-0.05, 0) is 42.7 Å². The predicted octanol–water partition coefficient (Wildman–Crippen LogP) is 4.99. The number of pyridine rings is 1. The molecule has 1 aromatic carbocycles. The second-order valence-electron chi connectivity index (χ2n) is 9.33. The summed E-state index contributed by atoms with van der Waals surface area (Å²) in [4.78, 5) is 28.9. The van der Waals surface area contributed by atoms with Gasteiger partial charge in [0, 0.05) is 42.1 Å². The first-order valence-corrected chi connectivity index (χ1v) is 12.4. The standard InChI is InChI=1S/C26H31N5OS/c1-26(2,3)22-16-23(31-13-6-7-14-31)30-25(29-22)33-18-19-9-8-10-20(15-19)24(32)28-17-21-11-4-5-12-27-21/h4-5,8-12,15-16H,6-7,13-14,17-18H2,1-3H3,(H,28,32). The van der Waals surface area contributed by atoms with Crippen LogP contribution in [0.2, 0.25) is 0 Å². The molecule has 1 aliphatic heterocycles. The van der Waals surface area contributed by atoms with Gasteiger partial charge in [-0.1, -0.05) is 50.7 Å². The second kappa shape index (κ2) is 10.3. The highest BCUT2D eigenvalue weighted by Gasteiger charge is 2.22. The molecule has 4 rings (SSSR count). The minimum absolute atomic E-state index is 0.0433. The molecule has 2 aromatic heterocycles. The van der Waals surface area contributed by atoms with E-state index in [1.807, 2.05) is 42.5 Å². The Morgan fingerprint density at radius 2 is 1.88 bits per heavy atom. The normalized spacial score (nSPS) is 13.8. The summed E-state index contributed by atoms with van der Waals surface area (Å²) in [7, 11) is 0. The fraction of sp³-hybridized carbons (Fsp3) is 0.385. The lowest BCUT2D eigenvalue weighted by molar-refractivity contribution is 0.0950. The Hall–Kier alpha value is -2.93. The third-order valence-electron chi connectivity index (χ3n) is 5.60. The molecule has 0 atom stereocenters. The molecule has 172 valence electrons. The molecule has 0 unspecified atom stereocenters. The van der Waals surface area contributed by atoms with Gasteiger partial charge in [-0.2, -0.15) is 0 Å². The molecule has 3 heterocycles. The lowest BCUT2D eigenvalue weighted by atomic mass is 9.92. The van der Waals surface area contributed by atoms with Gasteiger partial charge in [-0.3, -0.25) is 9.78 Å². The summed E-state index contributed by atoms with van der Waals surface area (Å²) in [5.41, 5.74) is 3.56. The summed E-state index contributed by atoms with van der Waals surface area (Å²) in [6, 6.07) is 15.6. The van der Waals surface area contributed by atoms with E-state index in [0.717, 1.165) is 41.0 Å². The van der Waals surface area contributed by atoms with E-state index in [4.69, 9.17) is 9.97 Å². The first kappa shape index (κ1) is 23.2. The lowest BCUT2D eigenvalue weighted by Gasteiger charge is -2.23. The molecule has 1 fully saturated rings. The molecule has 1 saturated heterocycles. The molecule has 0 spiro atoms. The minimum Gasteiger partial charge on any atom is -0.356 e. The van der Waals surface area contributed by atoms with Crippen LogP contribution in [0, 0.1) is 0 Å². The highest BCUT2D eigenvalue weighted by atomic mass is 32.2. The largest absolute Gasteiger partial charge is 0.356 e. The number of thioether (sulfide) groups is 1. The number of benzene rings is 1. The Kier molecular flexibility index (Phi) is 7.28. The molecule has 6 nitrogen and oxygen atoms in total. The van der Waals surface area contributed by atoms with Gasteiger partial charge in [-0.15, -0.1) is 0 Å². The van der Waals surface area contributed by atoms with E-state index in [0.29, 0.717) is 17.9 Å². The van der Waals surface area contributed by atoms with Crippen molar-refractivity contribution in [3.05, 3.63) is 77.2 Å². The molecule has 1 aliphatic rings. The number of nitrogens with one attached hydrogen (secondary N) is 1. The van der Waals surface area contributed by atoms with Crippen molar-refractivity contribution in [3.63, 3.8) is 0 Å². The maximum Gasteiger partial charge on any atom is 0.251 e. The van der Waals surface area contributed by atoms with E-state index in [-0.39, 0.29) is 11.3 Å². The van der Waals surface area contributed by atoms with Gasteiger partial charge in [-0.25, -0.2) is 9.97 Å². The molecule has 0 radical (unpaired) electrons. The van der Waals surface area contributed by atoms with E-state index in [2.05, 4.69) is 42.0 Å². The summed E-state index contributed by atoms with van der Waals surface area (Å²) >= 11 is 1.62. The van der Waals surface area contributed by atoms with Crippen LogP contribution in [0.3, 0.4) is 0 Å². The summed E-state index contributed by atoms with van der Waals surface area (Å²) in [5, 5.41) is 3.73. The van der Waals surface area contributed by atoms with Gasteiger partial charge in [0.25, 0.3) is 5.91 Å². The number of amides is 1. The number of carbonyl (C=O) groups is 1. The van der Waals surface area contributed by atoms with Crippen molar-refractivity contribution < 1.29 is 4.79 Å². The Balaban J connectivity index is 1.44. The molecule has 1 N–H and O–H groups in total. The molecular formula is C26H31N5OS. The van der Waals surface area contributed by atoms with Crippen LogP contribution >= 0.6 is 11.8 Å². The van der Waals surface area contributed by atoms with E-state index in [1.165, 1.54) is 12.8 Å². The lowest BCUT2D eigenvalue weighted by Crippen LogP contribution is -2.23. The van der Waals surface area contributed by atoms with E-state index < -0.39 is 0 Å². The molecule has 33 heavy (non-hydrogen) atoms. The molecular weight excluding hydrogens is 430 g/mol. The number of anilines is 1. The van der Waals surface area contributed by atoms with Crippen molar-refractivity contribution in [3.8, 4) is 0 Å². The molecule has 0 aliphatic carbocycles. The first-order valence-electron chi connectivity index (χ1n) is 11.4. The third kappa shape index (κ3) is 6.32. The number of rotatable bonds is 7. The highest BCUT2D eigenvalue weighted by molar-refractivity contribution is 7.98. The fourth-order valence-corrected chi connectivity index (χ4v) is 4.49. The molecule has 3 aromatic rings. The van der Waals surface area contributed by atoms with E-state index in [9.17, 15) is 4.79 Å². The number of hydrogen-bond acceptors (Lipinski definition) is 6. The van der Waals surface area contributed by atoms with Crippen LogP contribution in [0.15, 0.2) is 59.9 Å². The average Bonchev–Trinajstić information content (AvgIpc) is 3.36. The van der Waals surface area contributed by atoms with Crippen molar-refractivity contribution in [1.29, 1.82) is 0 Å². The first-order chi connectivity index (χ1) is 15.9. The van der Waals surface area contributed by atoms with E-state index >= 15 is 0 Å². The Morgan fingerprint density at radius 3 is 2.61 bits per heavy atom. The van der Waals surface area contributed by atoms with Gasteiger partial charge in [0.2, 0.25) is 0 Å². The van der Waals surface area contributed by atoms with Crippen molar-refractivity contribution in [1.82, 2.24) is 20.3 Å². The van der Waals surface area contributed by atoms with Gasteiger partial charge in [0.15, 0.2) is 5.16 Å². The number of aromatic nitrogens is 3. The van der Waals surface area contributed by atoms with Crippen LogP contribution in [0.4, 0.5) is 5.82 Å². The fourth-order valence-electron chi connectivity index (χ4n) is 3.70. The zero-order valence-electron chi connectivity index (χ0n) is 19.5. The Labute approximate surface area is 200 Å². The molecule has 0 saturated carbocycles. The molecule has 7 heteroatoms. The monoisotopic (exact) mass is 461 g/mol. The van der Waals surface area contributed by atoms with Crippen molar-refractivity contribution >= 4 is 23.5 Å². The third-order valence-corrected chi connectivity index (χ3v) is 6.52. The van der Waals surface area contributed by atoms with Crippen LogP contribution < -0.4 is 10.2 Å². The van der Waals surface area contributed by atoms with Crippen LogP contribution in [0.25, 0.3) is 0 Å². The van der Waals surface area contributed by atoms with Crippen molar-refractivity contribution in [2.75, 3.05) is 18.0 Å². The average molecular weight is 462 g/mol. The smallest absolute Gasteiger partial charge is 0.251 e. The molecule has 1 amide bonds. The number of hydrogen-bond donors (Lipinski definition) is 1. The van der Waals surface area contributed by atoms with Crippen molar-refractivity contribution in [2.45, 2.75) is 56.5 Å². The van der Waals surface area contributed by atoms with Crippen LogP contribution in [0.1, 0.15) is 60.9 Å². The molecule has 0 bridgehead atoms. The minimum atomic E-state index is -0.102. The number of nitrogens with zero attached hydrogens (tertiary/aromatic N) is 4. The highest BCUT2D eigenvalue weighted by Crippen LogP contribution is 2.29. The SMILES string of the molecule is CC(C)(C)c1cc(N2CCCC2)nc(SCc2cccc(C(=O)NCc3ccccn3)c2)n1. The van der Waals surface area contributed by atoms with Crippen molar-refractivity contribution in [2.24, 2.45) is 0 Å². The maximum absolute atomic E-state index is 12.6. The number of carbonyl (C=O) groups excluding carboxylic acids is 1. The van der Waals surface area contributed by atoms with Gasteiger partial charge < -0.3 is 10.2 Å². The Bertz CT molecular complexity index is 1090. The van der Waals surface area contributed by atoms with Crippen LogP contribution in [-0.4, -0.2) is 33.9 Å². The van der Waals surface area contributed by atoms with Crippen LogP contribution in [-0.2, 0) is 17.7 Å². The maximum atomic E-state index is 12.6. The van der Waals surface area contributed by atoms with Crippen LogP contribution in [0.5, 0.6) is 0 Å². The summed E-state index contributed by atoms with van der Waals surface area (Å²) in [6.07, 6.45) is 4.16. The summed E-state index contributed by atoms with van der Waals surface area (Å²) in [5.74, 6) is 1.63. The zero-order chi connectivity index (χ0) is 23.3. The predicted molar refractivity (Wildman–Crippen MR) is 134 cm³/mol. The van der Waals surface area contributed by atoms with Gasteiger partial charge >= 0.3 is 0 Å².